The standard InChI is InChI=1S/C11H24N2O/c1-3-12-6-7-13(4-2)9-11-5-8-14-10-11/h11-12H,3-10H2,1-2H3. The largest absolute Gasteiger partial charge is 0.381 e. The van der Waals surface area contributed by atoms with Crippen LogP contribution in [0, 0.1) is 5.92 Å². The van der Waals surface area contributed by atoms with E-state index in [-0.39, 0.29) is 0 Å². The summed E-state index contributed by atoms with van der Waals surface area (Å²) in [5, 5.41) is 3.37. The third-order valence-corrected chi connectivity index (χ3v) is 2.84. The van der Waals surface area contributed by atoms with E-state index < -0.39 is 0 Å². The van der Waals surface area contributed by atoms with Crippen LogP contribution in [0.15, 0.2) is 0 Å². The average Bonchev–Trinajstić information content (AvgIpc) is 2.69. The van der Waals surface area contributed by atoms with Crippen molar-refractivity contribution >= 4 is 0 Å². The molecule has 1 aliphatic rings. The summed E-state index contributed by atoms with van der Waals surface area (Å²) in [6.07, 6.45) is 1.25. The molecule has 0 aromatic carbocycles. The summed E-state index contributed by atoms with van der Waals surface area (Å²) >= 11 is 0. The van der Waals surface area contributed by atoms with Crippen molar-refractivity contribution in [3.63, 3.8) is 0 Å². The number of rotatable bonds is 7. The van der Waals surface area contributed by atoms with Gasteiger partial charge in [0, 0.05) is 26.2 Å². The first-order chi connectivity index (χ1) is 6.86. The van der Waals surface area contributed by atoms with Crippen LogP contribution in [0.4, 0.5) is 0 Å². The average molecular weight is 200 g/mol. The fraction of sp³-hybridized carbons (Fsp3) is 1.00. The summed E-state index contributed by atoms with van der Waals surface area (Å²) in [5.74, 6) is 0.775. The molecule has 84 valence electrons. The van der Waals surface area contributed by atoms with Gasteiger partial charge in [0.25, 0.3) is 0 Å². The smallest absolute Gasteiger partial charge is 0.0507 e. The Labute approximate surface area is 87.8 Å². The summed E-state index contributed by atoms with van der Waals surface area (Å²) in [4.78, 5) is 2.52. The van der Waals surface area contributed by atoms with Crippen LogP contribution >= 0.6 is 0 Å². The molecule has 0 aromatic heterocycles. The van der Waals surface area contributed by atoms with Gasteiger partial charge in [0.05, 0.1) is 6.61 Å². The predicted molar refractivity (Wildman–Crippen MR) is 59.6 cm³/mol. The Morgan fingerprint density at radius 2 is 2.29 bits per heavy atom. The third kappa shape index (κ3) is 4.40. The SMILES string of the molecule is CCNCCN(CC)CC1CCOC1. The molecule has 0 aliphatic carbocycles. The van der Waals surface area contributed by atoms with Crippen LogP contribution < -0.4 is 5.32 Å². The Morgan fingerprint density at radius 3 is 2.86 bits per heavy atom. The lowest BCUT2D eigenvalue weighted by Crippen LogP contribution is -2.35. The van der Waals surface area contributed by atoms with Gasteiger partial charge in [-0.25, -0.2) is 0 Å². The molecular formula is C11H24N2O. The van der Waals surface area contributed by atoms with Crippen LogP contribution in [-0.2, 0) is 4.74 Å². The fourth-order valence-electron chi connectivity index (χ4n) is 1.88. The normalized spacial score (nSPS) is 22.1. The molecule has 0 bridgehead atoms. The van der Waals surface area contributed by atoms with Crippen molar-refractivity contribution in [2.24, 2.45) is 5.92 Å². The zero-order valence-electron chi connectivity index (χ0n) is 9.59. The van der Waals surface area contributed by atoms with Gasteiger partial charge in [-0.05, 0) is 25.4 Å². The quantitative estimate of drug-likeness (QED) is 0.619. The van der Waals surface area contributed by atoms with Crippen LogP contribution in [0.25, 0.3) is 0 Å². The van der Waals surface area contributed by atoms with Gasteiger partial charge >= 0.3 is 0 Å². The van der Waals surface area contributed by atoms with Crippen LogP contribution in [0.1, 0.15) is 20.3 Å². The highest BCUT2D eigenvalue weighted by Gasteiger charge is 2.17. The molecule has 3 heteroatoms. The van der Waals surface area contributed by atoms with Crippen molar-refractivity contribution < 1.29 is 4.74 Å². The minimum Gasteiger partial charge on any atom is -0.381 e. The van der Waals surface area contributed by atoms with Crippen LogP contribution in [0.5, 0.6) is 0 Å². The second kappa shape index (κ2) is 7.21. The Kier molecular flexibility index (Phi) is 6.15. The van der Waals surface area contributed by atoms with E-state index in [1.54, 1.807) is 0 Å². The molecule has 1 heterocycles. The molecule has 1 rings (SSSR count). The number of nitrogens with zero attached hydrogens (tertiary/aromatic N) is 1. The summed E-state index contributed by atoms with van der Waals surface area (Å²) in [6, 6.07) is 0. The first kappa shape index (κ1) is 12.0. The van der Waals surface area contributed by atoms with Gasteiger partial charge in [0.15, 0.2) is 0 Å². The van der Waals surface area contributed by atoms with Gasteiger partial charge in [0.2, 0.25) is 0 Å². The molecule has 0 aromatic rings. The maximum atomic E-state index is 5.39. The van der Waals surface area contributed by atoms with Gasteiger partial charge in [-0.2, -0.15) is 0 Å². The molecule has 0 saturated carbocycles. The van der Waals surface area contributed by atoms with Crippen molar-refractivity contribution in [3.8, 4) is 0 Å². The maximum Gasteiger partial charge on any atom is 0.0507 e. The molecule has 1 atom stereocenters. The summed E-state index contributed by atoms with van der Waals surface area (Å²) in [6.45, 7) is 12.0. The van der Waals surface area contributed by atoms with E-state index in [0.717, 1.165) is 38.8 Å². The van der Waals surface area contributed by atoms with Crippen molar-refractivity contribution in [1.82, 2.24) is 10.2 Å². The van der Waals surface area contributed by atoms with E-state index in [0.29, 0.717) is 0 Å². The molecule has 0 radical (unpaired) electrons. The van der Waals surface area contributed by atoms with Crippen molar-refractivity contribution in [2.45, 2.75) is 20.3 Å². The minimum atomic E-state index is 0.775. The van der Waals surface area contributed by atoms with Gasteiger partial charge in [-0.3, -0.25) is 0 Å². The number of hydrogen-bond donors (Lipinski definition) is 1. The van der Waals surface area contributed by atoms with Crippen molar-refractivity contribution in [1.29, 1.82) is 0 Å². The molecule has 1 aliphatic heterocycles. The molecular weight excluding hydrogens is 176 g/mol. The lowest BCUT2D eigenvalue weighted by Gasteiger charge is -2.23. The maximum absolute atomic E-state index is 5.39. The highest BCUT2D eigenvalue weighted by atomic mass is 16.5. The fourth-order valence-corrected chi connectivity index (χ4v) is 1.88. The van der Waals surface area contributed by atoms with Gasteiger partial charge < -0.3 is 15.0 Å². The number of ether oxygens (including phenoxy) is 1. The number of nitrogens with one attached hydrogen (secondary N) is 1. The molecule has 3 nitrogen and oxygen atoms in total. The molecule has 1 unspecified atom stereocenters. The number of hydrogen-bond acceptors (Lipinski definition) is 3. The Balaban J connectivity index is 2.10. The number of likely N-dealkylation sites (N-methyl/N-ethyl adjacent to an activating group) is 2. The predicted octanol–water partition coefficient (Wildman–Crippen LogP) is 0.954. The first-order valence-electron chi connectivity index (χ1n) is 5.87. The summed E-state index contributed by atoms with van der Waals surface area (Å²) in [7, 11) is 0. The minimum absolute atomic E-state index is 0.775. The van der Waals surface area contributed by atoms with Crippen molar-refractivity contribution in [3.05, 3.63) is 0 Å². The second-order valence-electron chi connectivity index (χ2n) is 3.98. The molecule has 1 fully saturated rings. The summed E-state index contributed by atoms with van der Waals surface area (Å²) < 4.78 is 5.39. The van der Waals surface area contributed by atoms with E-state index in [4.69, 9.17) is 4.74 Å². The van der Waals surface area contributed by atoms with E-state index in [2.05, 4.69) is 24.1 Å². The topological polar surface area (TPSA) is 24.5 Å². The van der Waals surface area contributed by atoms with Crippen LogP contribution in [0.3, 0.4) is 0 Å². The zero-order chi connectivity index (χ0) is 10.2. The highest BCUT2D eigenvalue weighted by molar-refractivity contribution is 4.69. The molecule has 14 heavy (non-hydrogen) atoms. The van der Waals surface area contributed by atoms with E-state index in [1.165, 1.54) is 19.5 Å². The highest BCUT2D eigenvalue weighted by Crippen LogP contribution is 2.13. The van der Waals surface area contributed by atoms with E-state index in [1.807, 2.05) is 0 Å². The Morgan fingerprint density at radius 1 is 1.43 bits per heavy atom. The zero-order valence-corrected chi connectivity index (χ0v) is 9.59. The van der Waals surface area contributed by atoms with E-state index >= 15 is 0 Å². The molecule has 0 spiro atoms. The second-order valence-corrected chi connectivity index (χ2v) is 3.98. The first-order valence-corrected chi connectivity index (χ1v) is 5.87. The van der Waals surface area contributed by atoms with Gasteiger partial charge in [0.1, 0.15) is 0 Å². The Bertz CT molecular complexity index is 135. The van der Waals surface area contributed by atoms with Gasteiger partial charge in [-0.1, -0.05) is 13.8 Å². The van der Waals surface area contributed by atoms with Crippen molar-refractivity contribution in [2.75, 3.05) is 45.9 Å². The van der Waals surface area contributed by atoms with Gasteiger partial charge in [-0.15, -0.1) is 0 Å². The lowest BCUT2D eigenvalue weighted by atomic mass is 10.1. The van der Waals surface area contributed by atoms with E-state index in [9.17, 15) is 0 Å². The van der Waals surface area contributed by atoms with Crippen LogP contribution in [0.2, 0.25) is 0 Å². The Hall–Kier alpha value is -0.120. The third-order valence-electron chi connectivity index (χ3n) is 2.84. The molecule has 1 saturated heterocycles. The summed E-state index contributed by atoms with van der Waals surface area (Å²) in [5.41, 5.74) is 0. The monoisotopic (exact) mass is 200 g/mol. The molecule has 0 amide bonds. The van der Waals surface area contributed by atoms with Crippen LogP contribution in [-0.4, -0.2) is 50.8 Å². The lowest BCUT2D eigenvalue weighted by molar-refractivity contribution is 0.169. The molecule has 1 N–H and O–H groups in total.